The summed E-state index contributed by atoms with van der Waals surface area (Å²) < 4.78 is 5.12. The first kappa shape index (κ1) is 13.5. The number of hydrogen-bond donors (Lipinski definition) is 1. The van der Waals surface area contributed by atoms with Gasteiger partial charge in [0.1, 0.15) is 0 Å². The zero-order chi connectivity index (χ0) is 13.8. The quantitative estimate of drug-likeness (QED) is 0.878. The normalized spacial score (nSPS) is 19.2. The first-order valence-electron chi connectivity index (χ1n) is 6.23. The maximum absolute atomic E-state index is 12.2. The molecule has 1 N–H and O–H groups in total. The number of carboxylic acid groups (broad SMARTS) is 1. The molecule has 1 amide bonds. The Labute approximate surface area is 111 Å². The van der Waals surface area contributed by atoms with Crippen LogP contribution in [0.25, 0.3) is 0 Å². The van der Waals surface area contributed by atoms with E-state index in [1.807, 2.05) is 31.2 Å². The van der Waals surface area contributed by atoms with Crippen molar-refractivity contribution >= 4 is 11.9 Å². The van der Waals surface area contributed by atoms with Crippen molar-refractivity contribution in [3.8, 4) is 0 Å². The maximum Gasteiger partial charge on any atom is 0.328 e. The van der Waals surface area contributed by atoms with E-state index in [9.17, 15) is 9.59 Å². The van der Waals surface area contributed by atoms with Gasteiger partial charge in [-0.1, -0.05) is 29.8 Å². The van der Waals surface area contributed by atoms with E-state index in [2.05, 4.69) is 0 Å². The number of ether oxygens (including phenoxy) is 1. The molecule has 19 heavy (non-hydrogen) atoms. The van der Waals surface area contributed by atoms with E-state index < -0.39 is 12.0 Å². The summed E-state index contributed by atoms with van der Waals surface area (Å²) in [6.07, 6.45) is 0.226. The number of morpholine rings is 1. The lowest BCUT2D eigenvalue weighted by molar-refractivity contribution is -0.158. The zero-order valence-electron chi connectivity index (χ0n) is 10.8. The Bertz CT molecular complexity index is 469. The summed E-state index contributed by atoms with van der Waals surface area (Å²) in [5.41, 5.74) is 2.03. The van der Waals surface area contributed by atoms with Crippen LogP contribution < -0.4 is 0 Å². The van der Waals surface area contributed by atoms with Gasteiger partial charge in [-0.05, 0) is 12.5 Å². The first-order valence-corrected chi connectivity index (χ1v) is 6.23. The van der Waals surface area contributed by atoms with E-state index in [1.54, 1.807) is 0 Å². The fraction of sp³-hybridized carbons (Fsp3) is 0.429. The molecule has 1 aliphatic rings. The Morgan fingerprint density at radius 2 is 2.05 bits per heavy atom. The molecule has 1 aromatic carbocycles. The first-order chi connectivity index (χ1) is 9.08. The van der Waals surface area contributed by atoms with Crippen LogP contribution in [0.4, 0.5) is 0 Å². The third-order valence-corrected chi connectivity index (χ3v) is 3.21. The van der Waals surface area contributed by atoms with Gasteiger partial charge in [0.05, 0.1) is 19.6 Å². The number of carboxylic acids is 1. The van der Waals surface area contributed by atoms with Gasteiger partial charge < -0.3 is 14.7 Å². The van der Waals surface area contributed by atoms with Crippen LogP contribution in [0, 0.1) is 6.92 Å². The monoisotopic (exact) mass is 263 g/mol. The molecule has 5 heteroatoms. The molecule has 0 aliphatic carbocycles. The molecule has 0 aromatic heterocycles. The summed E-state index contributed by atoms with van der Waals surface area (Å²) in [6.45, 7) is 2.77. The van der Waals surface area contributed by atoms with Crippen molar-refractivity contribution in [3.63, 3.8) is 0 Å². The minimum absolute atomic E-state index is 0.0645. The highest BCUT2D eigenvalue weighted by atomic mass is 16.5. The number of amides is 1. The van der Waals surface area contributed by atoms with Crippen molar-refractivity contribution in [2.45, 2.75) is 19.4 Å². The molecule has 102 valence electrons. The molecule has 1 aromatic rings. The van der Waals surface area contributed by atoms with Gasteiger partial charge in [0.25, 0.3) is 0 Å². The Morgan fingerprint density at radius 1 is 1.37 bits per heavy atom. The minimum Gasteiger partial charge on any atom is -0.480 e. The second-order valence-corrected chi connectivity index (χ2v) is 4.68. The Morgan fingerprint density at radius 3 is 2.68 bits per heavy atom. The molecule has 0 spiro atoms. The lowest BCUT2D eigenvalue weighted by Crippen LogP contribution is -2.53. The molecule has 1 heterocycles. The van der Waals surface area contributed by atoms with Crippen LogP contribution in [0.5, 0.6) is 0 Å². The van der Waals surface area contributed by atoms with Crippen LogP contribution in [0.2, 0.25) is 0 Å². The van der Waals surface area contributed by atoms with Gasteiger partial charge in [0.15, 0.2) is 6.04 Å². The summed E-state index contributed by atoms with van der Waals surface area (Å²) in [5.74, 6) is -1.18. The number of aryl methyl sites for hydroxylation is 1. The maximum atomic E-state index is 12.2. The third kappa shape index (κ3) is 3.32. The predicted octanol–water partition coefficient (Wildman–Crippen LogP) is 0.850. The van der Waals surface area contributed by atoms with Crippen LogP contribution in [-0.2, 0) is 20.7 Å². The van der Waals surface area contributed by atoms with E-state index in [0.29, 0.717) is 13.2 Å². The summed E-state index contributed by atoms with van der Waals surface area (Å²) in [7, 11) is 0. The number of aliphatic carboxylic acids is 1. The highest BCUT2D eigenvalue weighted by Gasteiger charge is 2.32. The van der Waals surface area contributed by atoms with E-state index in [-0.39, 0.29) is 18.9 Å². The van der Waals surface area contributed by atoms with Crippen LogP contribution in [0.15, 0.2) is 24.3 Å². The number of carbonyl (C=O) groups excluding carboxylic acids is 1. The van der Waals surface area contributed by atoms with Crippen molar-refractivity contribution in [2.75, 3.05) is 19.8 Å². The molecule has 2 rings (SSSR count). The average Bonchev–Trinajstić information content (AvgIpc) is 2.41. The summed E-state index contributed by atoms with van der Waals surface area (Å²) >= 11 is 0. The van der Waals surface area contributed by atoms with Crippen molar-refractivity contribution in [1.82, 2.24) is 4.90 Å². The van der Waals surface area contributed by atoms with E-state index in [0.717, 1.165) is 11.1 Å². The Kier molecular flexibility index (Phi) is 4.16. The second-order valence-electron chi connectivity index (χ2n) is 4.68. The lowest BCUT2D eigenvalue weighted by Gasteiger charge is -2.32. The molecule has 5 nitrogen and oxygen atoms in total. The molecule has 0 radical (unpaired) electrons. The van der Waals surface area contributed by atoms with Crippen molar-refractivity contribution in [2.24, 2.45) is 0 Å². The van der Waals surface area contributed by atoms with Crippen LogP contribution in [-0.4, -0.2) is 47.7 Å². The third-order valence-electron chi connectivity index (χ3n) is 3.21. The largest absolute Gasteiger partial charge is 0.480 e. The summed E-state index contributed by atoms with van der Waals surface area (Å²) in [5, 5.41) is 9.09. The van der Waals surface area contributed by atoms with Crippen molar-refractivity contribution < 1.29 is 19.4 Å². The SMILES string of the molecule is Cc1ccc(CC(=O)N2CCOCC2C(=O)O)cc1. The van der Waals surface area contributed by atoms with Crippen LogP contribution in [0.3, 0.4) is 0 Å². The molecule has 0 bridgehead atoms. The fourth-order valence-electron chi connectivity index (χ4n) is 2.09. The van der Waals surface area contributed by atoms with E-state index >= 15 is 0 Å². The standard InChI is InChI=1S/C14H17NO4/c1-10-2-4-11(5-3-10)8-13(16)15-6-7-19-9-12(15)14(17)18/h2-5,12H,6-9H2,1H3,(H,17,18). The number of nitrogens with zero attached hydrogens (tertiary/aromatic N) is 1. The highest BCUT2D eigenvalue weighted by molar-refractivity contribution is 5.85. The molecule has 1 fully saturated rings. The molecular weight excluding hydrogens is 246 g/mol. The Hall–Kier alpha value is -1.88. The molecular formula is C14H17NO4. The lowest BCUT2D eigenvalue weighted by atomic mass is 10.1. The van der Waals surface area contributed by atoms with Crippen molar-refractivity contribution in [1.29, 1.82) is 0 Å². The predicted molar refractivity (Wildman–Crippen MR) is 68.8 cm³/mol. The van der Waals surface area contributed by atoms with Crippen molar-refractivity contribution in [3.05, 3.63) is 35.4 Å². The second kappa shape index (κ2) is 5.84. The smallest absolute Gasteiger partial charge is 0.328 e. The van der Waals surface area contributed by atoms with Gasteiger partial charge in [0, 0.05) is 6.54 Å². The highest BCUT2D eigenvalue weighted by Crippen LogP contribution is 2.11. The van der Waals surface area contributed by atoms with E-state index in [4.69, 9.17) is 9.84 Å². The molecule has 1 atom stereocenters. The average molecular weight is 263 g/mol. The van der Waals surface area contributed by atoms with Gasteiger partial charge >= 0.3 is 5.97 Å². The summed E-state index contributed by atoms with van der Waals surface area (Å²) in [6, 6.07) is 6.80. The van der Waals surface area contributed by atoms with E-state index in [1.165, 1.54) is 4.90 Å². The van der Waals surface area contributed by atoms with Gasteiger partial charge in [-0.2, -0.15) is 0 Å². The van der Waals surface area contributed by atoms with Gasteiger partial charge in [-0.3, -0.25) is 4.79 Å². The number of carbonyl (C=O) groups is 2. The number of rotatable bonds is 3. The molecule has 1 saturated heterocycles. The Balaban J connectivity index is 2.05. The minimum atomic E-state index is -1.02. The molecule has 1 aliphatic heterocycles. The fourth-order valence-corrected chi connectivity index (χ4v) is 2.09. The number of benzene rings is 1. The zero-order valence-corrected chi connectivity index (χ0v) is 10.8. The molecule has 1 unspecified atom stereocenters. The van der Waals surface area contributed by atoms with Crippen LogP contribution in [0.1, 0.15) is 11.1 Å². The topological polar surface area (TPSA) is 66.8 Å². The van der Waals surface area contributed by atoms with Gasteiger partial charge in [-0.15, -0.1) is 0 Å². The number of hydrogen-bond acceptors (Lipinski definition) is 3. The van der Waals surface area contributed by atoms with Crippen LogP contribution >= 0.6 is 0 Å². The molecule has 0 saturated carbocycles. The van der Waals surface area contributed by atoms with Gasteiger partial charge in [0.2, 0.25) is 5.91 Å². The van der Waals surface area contributed by atoms with Gasteiger partial charge in [-0.25, -0.2) is 4.79 Å². The summed E-state index contributed by atoms with van der Waals surface area (Å²) in [4.78, 5) is 24.7.